The highest BCUT2D eigenvalue weighted by atomic mass is 16.4. The zero-order valence-corrected chi connectivity index (χ0v) is 13.1. The molecule has 21 heavy (non-hydrogen) atoms. The summed E-state index contributed by atoms with van der Waals surface area (Å²) < 4.78 is 0. The van der Waals surface area contributed by atoms with E-state index in [0.717, 1.165) is 12.8 Å². The molecule has 0 heterocycles. The van der Waals surface area contributed by atoms with E-state index in [1.165, 1.54) is 4.90 Å². The number of likely N-dealkylation sites (N-methyl/N-ethyl adjacent to an activating group) is 1. The van der Waals surface area contributed by atoms with E-state index in [4.69, 9.17) is 0 Å². The van der Waals surface area contributed by atoms with Crippen LogP contribution in [0.4, 0.5) is 0 Å². The Bertz CT molecular complexity index is 400. The van der Waals surface area contributed by atoms with Crippen LogP contribution in [0.1, 0.15) is 52.9 Å². The first kappa shape index (κ1) is 17.5. The minimum atomic E-state index is -0.932. The van der Waals surface area contributed by atoms with E-state index in [0.29, 0.717) is 19.4 Å². The largest absolute Gasteiger partial charge is 0.481 e. The third kappa shape index (κ3) is 4.72. The van der Waals surface area contributed by atoms with E-state index in [2.05, 4.69) is 5.32 Å². The standard InChI is InChI=1S/C15H26N2O4/c1-4-17(10-12(18)16-11(2)3)13(19)9-15(14(20)21)7-5-6-8-15/h11H,4-10H2,1-3H3,(H,16,18)(H,20,21). The van der Waals surface area contributed by atoms with E-state index in [1.54, 1.807) is 6.92 Å². The minimum Gasteiger partial charge on any atom is -0.481 e. The van der Waals surface area contributed by atoms with Crippen LogP contribution in [-0.2, 0) is 14.4 Å². The Morgan fingerprint density at radius 1 is 1.24 bits per heavy atom. The van der Waals surface area contributed by atoms with Crippen molar-refractivity contribution in [3.8, 4) is 0 Å². The molecule has 0 radical (unpaired) electrons. The number of carboxylic acids is 1. The fraction of sp³-hybridized carbons (Fsp3) is 0.800. The van der Waals surface area contributed by atoms with Crippen molar-refractivity contribution < 1.29 is 19.5 Å². The van der Waals surface area contributed by atoms with Crippen molar-refractivity contribution in [1.29, 1.82) is 0 Å². The average molecular weight is 298 g/mol. The summed E-state index contributed by atoms with van der Waals surface area (Å²) in [4.78, 5) is 37.0. The maximum Gasteiger partial charge on any atom is 0.310 e. The SMILES string of the molecule is CCN(CC(=O)NC(C)C)C(=O)CC1(C(=O)O)CCCC1. The lowest BCUT2D eigenvalue weighted by atomic mass is 9.82. The number of aliphatic carboxylic acids is 1. The topological polar surface area (TPSA) is 86.7 Å². The summed E-state index contributed by atoms with van der Waals surface area (Å²) in [5.74, 6) is -1.35. The second kappa shape index (κ2) is 7.43. The second-order valence-corrected chi connectivity index (χ2v) is 6.10. The Hall–Kier alpha value is -1.59. The van der Waals surface area contributed by atoms with Crippen molar-refractivity contribution in [3.05, 3.63) is 0 Å². The Balaban J connectivity index is 2.66. The smallest absolute Gasteiger partial charge is 0.310 e. The van der Waals surface area contributed by atoms with Gasteiger partial charge in [-0.05, 0) is 33.6 Å². The molecular weight excluding hydrogens is 272 g/mol. The quantitative estimate of drug-likeness (QED) is 0.743. The molecule has 0 bridgehead atoms. The van der Waals surface area contributed by atoms with Crippen LogP contribution in [0.2, 0.25) is 0 Å². The molecule has 2 N–H and O–H groups in total. The van der Waals surface area contributed by atoms with Crippen LogP contribution in [0.25, 0.3) is 0 Å². The zero-order valence-electron chi connectivity index (χ0n) is 13.1. The highest BCUT2D eigenvalue weighted by Crippen LogP contribution is 2.41. The van der Waals surface area contributed by atoms with Gasteiger partial charge in [0, 0.05) is 19.0 Å². The summed E-state index contributed by atoms with van der Waals surface area (Å²) in [6, 6.07) is 0.0199. The minimum absolute atomic E-state index is 0.00880. The average Bonchev–Trinajstić information content (AvgIpc) is 2.84. The summed E-state index contributed by atoms with van der Waals surface area (Å²) in [6.07, 6.45) is 2.78. The maximum atomic E-state index is 12.3. The number of nitrogens with one attached hydrogen (secondary N) is 1. The van der Waals surface area contributed by atoms with Gasteiger partial charge >= 0.3 is 5.97 Å². The molecule has 0 unspecified atom stereocenters. The van der Waals surface area contributed by atoms with Gasteiger partial charge in [-0.25, -0.2) is 0 Å². The Kier molecular flexibility index (Phi) is 6.18. The van der Waals surface area contributed by atoms with Crippen molar-refractivity contribution in [2.75, 3.05) is 13.1 Å². The van der Waals surface area contributed by atoms with Crippen LogP contribution < -0.4 is 5.32 Å². The first-order valence-corrected chi connectivity index (χ1v) is 7.61. The van der Waals surface area contributed by atoms with E-state index in [1.807, 2.05) is 13.8 Å². The molecule has 1 aliphatic carbocycles. The third-order valence-corrected chi connectivity index (χ3v) is 4.02. The zero-order chi connectivity index (χ0) is 16.0. The van der Waals surface area contributed by atoms with Gasteiger partial charge < -0.3 is 15.3 Å². The highest BCUT2D eigenvalue weighted by molar-refractivity contribution is 5.88. The van der Waals surface area contributed by atoms with Gasteiger partial charge in [-0.3, -0.25) is 14.4 Å². The lowest BCUT2D eigenvalue weighted by Gasteiger charge is -2.27. The fourth-order valence-corrected chi connectivity index (χ4v) is 2.84. The number of amides is 2. The molecule has 1 aliphatic rings. The van der Waals surface area contributed by atoms with Crippen molar-refractivity contribution in [3.63, 3.8) is 0 Å². The lowest BCUT2D eigenvalue weighted by molar-refractivity contribution is -0.153. The fourth-order valence-electron chi connectivity index (χ4n) is 2.84. The van der Waals surface area contributed by atoms with E-state index >= 15 is 0 Å². The Labute approximate surface area is 125 Å². The van der Waals surface area contributed by atoms with Gasteiger partial charge in [-0.1, -0.05) is 12.8 Å². The molecule has 6 heteroatoms. The first-order valence-electron chi connectivity index (χ1n) is 7.61. The number of carbonyl (C=O) groups is 3. The van der Waals surface area contributed by atoms with Crippen LogP contribution in [0.3, 0.4) is 0 Å². The summed E-state index contributed by atoms with van der Waals surface area (Å²) in [5.41, 5.74) is -0.932. The highest BCUT2D eigenvalue weighted by Gasteiger charge is 2.43. The number of rotatable bonds is 7. The van der Waals surface area contributed by atoms with Gasteiger partial charge in [0.1, 0.15) is 0 Å². The normalized spacial score (nSPS) is 16.8. The number of hydrogen-bond acceptors (Lipinski definition) is 3. The van der Waals surface area contributed by atoms with Crippen molar-refractivity contribution in [2.45, 2.75) is 58.9 Å². The molecular formula is C15H26N2O4. The van der Waals surface area contributed by atoms with Crippen LogP contribution in [0.5, 0.6) is 0 Å². The van der Waals surface area contributed by atoms with Gasteiger partial charge in [0.2, 0.25) is 11.8 Å². The van der Waals surface area contributed by atoms with E-state index in [-0.39, 0.29) is 30.8 Å². The van der Waals surface area contributed by atoms with Gasteiger partial charge in [0.05, 0.1) is 12.0 Å². The molecule has 0 saturated heterocycles. The Morgan fingerprint density at radius 2 is 1.81 bits per heavy atom. The molecule has 0 aromatic carbocycles. The van der Waals surface area contributed by atoms with Crippen LogP contribution in [0, 0.1) is 5.41 Å². The predicted octanol–water partition coefficient (Wildman–Crippen LogP) is 1.39. The van der Waals surface area contributed by atoms with Gasteiger partial charge in [-0.15, -0.1) is 0 Å². The van der Waals surface area contributed by atoms with Crippen molar-refractivity contribution in [1.82, 2.24) is 10.2 Å². The molecule has 0 atom stereocenters. The number of nitrogens with zero attached hydrogens (tertiary/aromatic N) is 1. The molecule has 0 spiro atoms. The molecule has 0 aromatic heterocycles. The monoisotopic (exact) mass is 298 g/mol. The van der Waals surface area contributed by atoms with Gasteiger partial charge in [0.25, 0.3) is 0 Å². The molecule has 1 fully saturated rings. The third-order valence-electron chi connectivity index (χ3n) is 4.02. The predicted molar refractivity (Wildman–Crippen MR) is 78.7 cm³/mol. The van der Waals surface area contributed by atoms with Crippen LogP contribution in [0.15, 0.2) is 0 Å². The molecule has 120 valence electrons. The second-order valence-electron chi connectivity index (χ2n) is 6.10. The summed E-state index contributed by atoms with van der Waals surface area (Å²) in [7, 11) is 0. The molecule has 1 rings (SSSR count). The van der Waals surface area contributed by atoms with Gasteiger partial charge in [-0.2, -0.15) is 0 Å². The maximum absolute atomic E-state index is 12.3. The van der Waals surface area contributed by atoms with Gasteiger partial charge in [0.15, 0.2) is 0 Å². The number of carboxylic acid groups (broad SMARTS) is 1. The number of carbonyl (C=O) groups excluding carboxylic acids is 2. The van der Waals surface area contributed by atoms with Crippen LogP contribution in [-0.4, -0.2) is 46.9 Å². The van der Waals surface area contributed by atoms with E-state index < -0.39 is 11.4 Å². The molecule has 0 aromatic rings. The molecule has 1 saturated carbocycles. The summed E-state index contributed by atoms with van der Waals surface area (Å²) >= 11 is 0. The van der Waals surface area contributed by atoms with Crippen LogP contribution >= 0.6 is 0 Å². The molecule has 2 amide bonds. The van der Waals surface area contributed by atoms with Crippen molar-refractivity contribution >= 4 is 17.8 Å². The summed E-state index contributed by atoms with van der Waals surface area (Å²) in [5, 5.41) is 12.2. The summed E-state index contributed by atoms with van der Waals surface area (Å²) in [6.45, 7) is 5.90. The Morgan fingerprint density at radius 3 is 2.24 bits per heavy atom. The lowest BCUT2D eigenvalue weighted by Crippen LogP contribution is -2.44. The number of hydrogen-bond donors (Lipinski definition) is 2. The molecule has 6 nitrogen and oxygen atoms in total. The van der Waals surface area contributed by atoms with E-state index in [9.17, 15) is 19.5 Å². The first-order chi connectivity index (χ1) is 9.80. The molecule has 0 aliphatic heterocycles. The van der Waals surface area contributed by atoms with Crippen molar-refractivity contribution in [2.24, 2.45) is 5.41 Å².